The van der Waals surface area contributed by atoms with Gasteiger partial charge in [0, 0.05) is 33.0 Å². The molecule has 0 rings (SSSR count). The van der Waals surface area contributed by atoms with E-state index in [4.69, 9.17) is 14.2 Å². The lowest BCUT2D eigenvalue weighted by Crippen LogP contribution is -2.14. The first-order valence-electron chi connectivity index (χ1n) is 8.94. The standard InChI is InChI=1S/C18H34O5/c1-4-6-10-16(5-2)15-23-18(20)12-8-7-11-17(19)22-14-9-13-21-3/h16H,4-15H2,1-3H3/t16-/m0/s1. The summed E-state index contributed by atoms with van der Waals surface area (Å²) in [6.45, 7) is 5.81. The first-order valence-corrected chi connectivity index (χ1v) is 8.94. The molecular formula is C18H34O5. The van der Waals surface area contributed by atoms with Crippen LogP contribution in [0, 0.1) is 5.92 Å². The van der Waals surface area contributed by atoms with Gasteiger partial charge in [0.2, 0.25) is 0 Å². The van der Waals surface area contributed by atoms with Crippen LogP contribution in [0.4, 0.5) is 0 Å². The molecule has 136 valence electrons. The summed E-state index contributed by atoms with van der Waals surface area (Å²) in [5, 5.41) is 0. The zero-order chi connectivity index (χ0) is 17.3. The third-order valence-corrected chi connectivity index (χ3v) is 3.79. The molecule has 0 aliphatic rings. The van der Waals surface area contributed by atoms with Crippen LogP contribution in [-0.2, 0) is 23.8 Å². The van der Waals surface area contributed by atoms with E-state index < -0.39 is 0 Å². The number of esters is 2. The number of unbranched alkanes of at least 4 members (excludes halogenated alkanes) is 2. The SMILES string of the molecule is CCCC[C@H](CC)COC(=O)CCCCC(=O)OCCCOC. The van der Waals surface area contributed by atoms with Crippen LogP contribution >= 0.6 is 0 Å². The van der Waals surface area contributed by atoms with Gasteiger partial charge < -0.3 is 14.2 Å². The highest BCUT2D eigenvalue weighted by Gasteiger charge is 2.10. The van der Waals surface area contributed by atoms with Gasteiger partial charge in [0.15, 0.2) is 0 Å². The number of hydrogen-bond donors (Lipinski definition) is 0. The van der Waals surface area contributed by atoms with Gasteiger partial charge in [0.25, 0.3) is 0 Å². The van der Waals surface area contributed by atoms with Crippen molar-refractivity contribution in [3.63, 3.8) is 0 Å². The summed E-state index contributed by atoms with van der Waals surface area (Å²) in [5.74, 6) is 0.106. The third-order valence-electron chi connectivity index (χ3n) is 3.79. The molecule has 0 fully saturated rings. The van der Waals surface area contributed by atoms with Crippen LogP contribution in [0.3, 0.4) is 0 Å². The van der Waals surface area contributed by atoms with Gasteiger partial charge in [-0.2, -0.15) is 0 Å². The Labute approximate surface area is 141 Å². The fraction of sp³-hybridized carbons (Fsp3) is 0.889. The molecule has 0 saturated carbocycles. The normalized spacial score (nSPS) is 12.0. The summed E-state index contributed by atoms with van der Waals surface area (Å²) in [4.78, 5) is 23.1. The molecule has 0 amide bonds. The Balaban J connectivity index is 3.56. The third kappa shape index (κ3) is 14.2. The lowest BCUT2D eigenvalue weighted by molar-refractivity contribution is -0.147. The molecule has 5 heteroatoms. The predicted molar refractivity (Wildman–Crippen MR) is 90.2 cm³/mol. The van der Waals surface area contributed by atoms with Crippen LogP contribution < -0.4 is 0 Å². The molecule has 0 aromatic rings. The zero-order valence-electron chi connectivity index (χ0n) is 15.1. The van der Waals surface area contributed by atoms with Crippen molar-refractivity contribution in [2.24, 2.45) is 5.92 Å². The minimum Gasteiger partial charge on any atom is -0.466 e. The van der Waals surface area contributed by atoms with E-state index in [-0.39, 0.29) is 11.9 Å². The van der Waals surface area contributed by atoms with Crippen LogP contribution in [0.1, 0.15) is 71.6 Å². The fourth-order valence-electron chi connectivity index (χ4n) is 2.18. The van der Waals surface area contributed by atoms with Gasteiger partial charge in [0.1, 0.15) is 0 Å². The lowest BCUT2D eigenvalue weighted by Gasteiger charge is -2.14. The largest absolute Gasteiger partial charge is 0.466 e. The van der Waals surface area contributed by atoms with E-state index >= 15 is 0 Å². The highest BCUT2D eigenvalue weighted by molar-refractivity contribution is 5.70. The Hall–Kier alpha value is -1.10. The molecular weight excluding hydrogens is 296 g/mol. The highest BCUT2D eigenvalue weighted by Crippen LogP contribution is 2.13. The average Bonchev–Trinajstić information content (AvgIpc) is 2.56. The van der Waals surface area contributed by atoms with Gasteiger partial charge in [-0.25, -0.2) is 0 Å². The molecule has 0 bridgehead atoms. The summed E-state index contributed by atoms with van der Waals surface area (Å²) in [5.41, 5.74) is 0. The molecule has 0 aromatic carbocycles. The summed E-state index contributed by atoms with van der Waals surface area (Å²) in [7, 11) is 1.62. The van der Waals surface area contributed by atoms with E-state index in [2.05, 4.69) is 13.8 Å². The maximum Gasteiger partial charge on any atom is 0.305 e. The lowest BCUT2D eigenvalue weighted by atomic mass is 10.0. The van der Waals surface area contributed by atoms with Gasteiger partial charge in [-0.15, -0.1) is 0 Å². The number of carbonyl (C=O) groups excluding carboxylic acids is 2. The maximum atomic E-state index is 11.7. The van der Waals surface area contributed by atoms with Crippen molar-refractivity contribution in [3.05, 3.63) is 0 Å². The van der Waals surface area contributed by atoms with E-state index in [0.29, 0.717) is 57.8 Å². The van der Waals surface area contributed by atoms with Gasteiger partial charge in [0.05, 0.1) is 13.2 Å². The maximum absolute atomic E-state index is 11.7. The molecule has 0 saturated heterocycles. The van der Waals surface area contributed by atoms with Gasteiger partial charge in [-0.1, -0.05) is 33.1 Å². The van der Waals surface area contributed by atoms with Crippen molar-refractivity contribution >= 4 is 11.9 Å². The van der Waals surface area contributed by atoms with E-state index in [0.717, 1.165) is 12.8 Å². The molecule has 0 heterocycles. The van der Waals surface area contributed by atoms with Crippen molar-refractivity contribution in [2.45, 2.75) is 71.6 Å². The average molecular weight is 330 g/mol. The minimum absolute atomic E-state index is 0.159. The number of hydrogen-bond acceptors (Lipinski definition) is 5. The summed E-state index contributed by atoms with van der Waals surface area (Å²) >= 11 is 0. The second-order valence-corrected chi connectivity index (χ2v) is 5.87. The molecule has 0 aromatic heterocycles. The highest BCUT2D eigenvalue weighted by atomic mass is 16.5. The van der Waals surface area contributed by atoms with E-state index in [1.807, 2.05) is 0 Å². The zero-order valence-corrected chi connectivity index (χ0v) is 15.1. The molecule has 0 aliphatic carbocycles. The van der Waals surface area contributed by atoms with E-state index in [9.17, 15) is 9.59 Å². The second kappa shape index (κ2) is 15.8. The quantitative estimate of drug-likeness (QED) is 0.337. The van der Waals surface area contributed by atoms with Crippen LogP contribution in [-0.4, -0.2) is 38.9 Å². The fourth-order valence-corrected chi connectivity index (χ4v) is 2.18. The van der Waals surface area contributed by atoms with E-state index in [1.165, 1.54) is 12.8 Å². The molecule has 0 unspecified atom stereocenters. The Kier molecular flexibility index (Phi) is 15.0. The molecule has 23 heavy (non-hydrogen) atoms. The van der Waals surface area contributed by atoms with Crippen molar-refractivity contribution in [3.8, 4) is 0 Å². The van der Waals surface area contributed by atoms with Crippen molar-refractivity contribution in [1.29, 1.82) is 0 Å². The summed E-state index contributed by atoms with van der Waals surface area (Å²) < 4.78 is 15.2. The van der Waals surface area contributed by atoms with Gasteiger partial charge in [-0.3, -0.25) is 9.59 Å². The number of ether oxygens (including phenoxy) is 3. The van der Waals surface area contributed by atoms with Crippen molar-refractivity contribution in [2.75, 3.05) is 26.9 Å². The molecule has 5 nitrogen and oxygen atoms in total. The van der Waals surface area contributed by atoms with Crippen molar-refractivity contribution in [1.82, 2.24) is 0 Å². The first kappa shape index (κ1) is 21.9. The van der Waals surface area contributed by atoms with Crippen LogP contribution in [0.25, 0.3) is 0 Å². The van der Waals surface area contributed by atoms with Crippen LogP contribution in [0.2, 0.25) is 0 Å². The molecule has 0 radical (unpaired) electrons. The summed E-state index contributed by atoms with van der Waals surface area (Å²) in [6, 6.07) is 0. The topological polar surface area (TPSA) is 61.8 Å². The molecule has 0 aliphatic heterocycles. The van der Waals surface area contributed by atoms with Gasteiger partial charge in [-0.05, 0) is 25.2 Å². The van der Waals surface area contributed by atoms with Crippen LogP contribution in [0.15, 0.2) is 0 Å². The Bertz CT molecular complexity index is 304. The molecule has 1 atom stereocenters. The van der Waals surface area contributed by atoms with E-state index in [1.54, 1.807) is 7.11 Å². The summed E-state index contributed by atoms with van der Waals surface area (Å²) in [6.07, 6.45) is 7.29. The van der Waals surface area contributed by atoms with Gasteiger partial charge >= 0.3 is 11.9 Å². The first-order chi connectivity index (χ1) is 11.1. The number of methoxy groups -OCH3 is 1. The Morgan fingerprint density at radius 3 is 2.09 bits per heavy atom. The predicted octanol–water partition coefficient (Wildman–Crippen LogP) is 3.89. The second-order valence-electron chi connectivity index (χ2n) is 5.87. The number of carbonyl (C=O) groups is 2. The molecule has 0 N–H and O–H groups in total. The molecule has 0 spiro atoms. The monoisotopic (exact) mass is 330 g/mol. The van der Waals surface area contributed by atoms with Crippen molar-refractivity contribution < 1.29 is 23.8 Å². The smallest absolute Gasteiger partial charge is 0.305 e. The minimum atomic E-state index is -0.208. The Morgan fingerprint density at radius 1 is 0.870 bits per heavy atom. The number of rotatable bonds is 15. The van der Waals surface area contributed by atoms with Crippen LogP contribution in [0.5, 0.6) is 0 Å². The Morgan fingerprint density at radius 2 is 1.52 bits per heavy atom.